The van der Waals surface area contributed by atoms with Crippen LogP contribution >= 0.6 is 0 Å². The van der Waals surface area contributed by atoms with Gasteiger partial charge < -0.3 is 19.9 Å². The smallest absolute Gasteiger partial charge is 0.317 e. The highest BCUT2D eigenvalue weighted by molar-refractivity contribution is 5.91. The van der Waals surface area contributed by atoms with Gasteiger partial charge in [-0.05, 0) is 25.7 Å². The molecule has 1 atom stereocenters. The summed E-state index contributed by atoms with van der Waals surface area (Å²) in [5.74, 6) is -0.0980. The third-order valence-corrected chi connectivity index (χ3v) is 4.85. The number of aryl methyl sites for hydroxylation is 1. The van der Waals surface area contributed by atoms with Gasteiger partial charge >= 0.3 is 6.03 Å². The summed E-state index contributed by atoms with van der Waals surface area (Å²) in [5, 5.41) is 10.8. The van der Waals surface area contributed by atoms with Gasteiger partial charge in [0.15, 0.2) is 5.69 Å². The number of morpholine rings is 1. The zero-order valence-corrected chi connectivity index (χ0v) is 14.7. The Morgan fingerprint density at radius 1 is 1.28 bits per heavy atom. The lowest BCUT2D eigenvalue weighted by Gasteiger charge is -2.35. The van der Waals surface area contributed by atoms with Crippen molar-refractivity contribution in [2.75, 3.05) is 39.9 Å². The quantitative estimate of drug-likeness (QED) is 0.845. The summed E-state index contributed by atoms with van der Waals surface area (Å²) in [6, 6.07) is 0.183. The molecule has 0 saturated carbocycles. The molecule has 0 bridgehead atoms. The molecule has 2 aliphatic rings. The fourth-order valence-corrected chi connectivity index (χ4v) is 3.43. The standard InChI is InChI=1S/C16H26N6O3/c1-17-16(24)22-6-3-2-4-13(22)5-7-21-12-14(18-19-21)15(23)20-8-10-25-11-9-20/h12-13H,2-11H2,1H3,(H,17,24). The Kier molecular flexibility index (Phi) is 5.85. The Morgan fingerprint density at radius 3 is 2.84 bits per heavy atom. The number of urea groups is 1. The van der Waals surface area contributed by atoms with Crippen molar-refractivity contribution in [3.63, 3.8) is 0 Å². The highest BCUT2D eigenvalue weighted by Gasteiger charge is 2.26. The molecule has 0 aliphatic carbocycles. The van der Waals surface area contributed by atoms with Crippen molar-refractivity contribution < 1.29 is 14.3 Å². The minimum atomic E-state index is -0.0980. The van der Waals surface area contributed by atoms with Gasteiger partial charge in [0.1, 0.15) is 0 Å². The van der Waals surface area contributed by atoms with Crippen molar-refractivity contribution in [2.24, 2.45) is 0 Å². The number of carbonyl (C=O) groups excluding carboxylic acids is 2. The minimum absolute atomic E-state index is 0.0218. The van der Waals surface area contributed by atoms with E-state index < -0.39 is 0 Å². The first-order valence-electron chi connectivity index (χ1n) is 8.94. The number of aromatic nitrogens is 3. The summed E-state index contributed by atoms with van der Waals surface area (Å²) in [7, 11) is 1.66. The molecule has 0 radical (unpaired) electrons. The molecule has 0 aromatic carbocycles. The van der Waals surface area contributed by atoms with Crippen molar-refractivity contribution >= 4 is 11.9 Å². The van der Waals surface area contributed by atoms with E-state index in [1.807, 2.05) is 4.90 Å². The highest BCUT2D eigenvalue weighted by atomic mass is 16.5. The second kappa shape index (κ2) is 8.28. The average Bonchev–Trinajstić information content (AvgIpc) is 3.15. The van der Waals surface area contributed by atoms with E-state index >= 15 is 0 Å². The third kappa shape index (κ3) is 4.28. The molecule has 2 aliphatic heterocycles. The monoisotopic (exact) mass is 350 g/mol. The lowest BCUT2D eigenvalue weighted by Crippen LogP contribution is -2.48. The molecular formula is C16H26N6O3. The van der Waals surface area contributed by atoms with Gasteiger partial charge in [-0.15, -0.1) is 5.10 Å². The number of carbonyl (C=O) groups is 2. The Bertz CT molecular complexity index is 598. The maximum absolute atomic E-state index is 12.4. The lowest BCUT2D eigenvalue weighted by molar-refractivity contribution is 0.0299. The predicted molar refractivity (Wildman–Crippen MR) is 90.2 cm³/mol. The second-order valence-corrected chi connectivity index (χ2v) is 6.46. The number of hydrogen-bond donors (Lipinski definition) is 1. The molecule has 9 nitrogen and oxygen atoms in total. The topological polar surface area (TPSA) is 92.6 Å². The molecule has 25 heavy (non-hydrogen) atoms. The average molecular weight is 350 g/mol. The normalized spacial score (nSPS) is 21.2. The Labute approximate surface area is 147 Å². The number of nitrogens with one attached hydrogen (secondary N) is 1. The summed E-state index contributed by atoms with van der Waals surface area (Å²) in [6.45, 7) is 3.75. The van der Waals surface area contributed by atoms with Crippen LogP contribution in [0.2, 0.25) is 0 Å². The first-order chi connectivity index (χ1) is 12.2. The van der Waals surface area contributed by atoms with Gasteiger partial charge in [0, 0.05) is 39.3 Å². The van der Waals surface area contributed by atoms with Crippen LogP contribution in [0.5, 0.6) is 0 Å². The molecule has 0 spiro atoms. The summed E-state index contributed by atoms with van der Waals surface area (Å²) in [4.78, 5) is 28.0. The maximum Gasteiger partial charge on any atom is 0.317 e. The molecule has 2 saturated heterocycles. The number of nitrogens with zero attached hydrogens (tertiary/aromatic N) is 5. The van der Waals surface area contributed by atoms with Crippen LogP contribution in [0.3, 0.4) is 0 Å². The van der Waals surface area contributed by atoms with Gasteiger partial charge in [0.2, 0.25) is 0 Å². The number of piperidine rings is 1. The van der Waals surface area contributed by atoms with E-state index in [1.54, 1.807) is 22.8 Å². The molecular weight excluding hydrogens is 324 g/mol. The Hall–Kier alpha value is -2.16. The summed E-state index contributed by atoms with van der Waals surface area (Å²) in [5.41, 5.74) is 0.369. The SMILES string of the molecule is CNC(=O)N1CCCCC1CCn1cc(C(=O)N2CCOCC2)nn1. The minimum Gasteiger partial charge on any atom is -0.378 e. The lowest BCUT2D eigenvalue weighted by atomic mass is 10.00. The summed E-state index contributed by atoms with van der Waals surface area (Å²) < 4.78 is 6.96. The number of ether oxygens (including phenoxy) is 1. The van der Waals surface area contributed by atoms with Gasteiger partial charge in [-0.1, -0.05) is 5.21 Å². The zero-order chi connectivity index (χ0) is 17.6. The van der Waals surface area contributed by atoms with Gasteiger partial charge in [0.05, 0.1) is 19.4 Å². The summed E-state index contributed by atoms with van der Waals surface area (Å²) >= 11 is 0. The van der Waals surface area contributed by atoms with Crippen LogP contribution in [-0.4, -0.2) is 82.7 Å². The first-order valence-corrected chi connectivity index (χ1v) is 8.94. The van der Waals surface area contributed by atoms with Crippen LogP contribution < -0.4 is 5.32 Å². The summed E-state index contributed by atoms with van der Waals surface area (Å²) in [6.07, 6.45) is 5.69. The molecule has 1 aromatic rings. The van der Waals surface area contributed by atoms with Crippen molar-refractivity contribution in [3.8, 4) is 0 Å². The van der Waals surface area contributed by atoms with E-state index in [0.717, 1.165) is 32.2 Å². The third-order valence-electron chi connectivity index (χ3n) is 4.85. The van der Waals surface area contributed by atoms with Gasteiger partial charge in [-0.25, -0.2) is 4.79 Å². The van der Waals surface area contributed by atoms with Gasteiger partial charge in [-0.2, -0.15) is 0 Å². The van der Waals surface area contributed by atoms with Crippen LogP contribution in [0.25, 0.3) is 0 Å². The van der Waals surface area contributed by atoms with Crippen molar-refractivity contribution in [3.05, 3.63) is 11.9 Å². The van der Waals surface area contributed by atoms with Gasteiger partial charge in [0.25, 0.3) is 5.91 Å². The first kappa shape index (κ1) is 17.7. The van der Waals surface area contributed by atoms with E-state index in [4.69, 9.17) is 4.74 Å². The van der Waals surface area contributed by atoms with E-state index in [1.165, 1.54) is 0 Å². The number of hydrogen-bond acceptors (Lipinski definition) is 5. The molecule has 3 rings (SSSR count). The van der Waals surface area contributed by atoms with Crippen LogP contribution in [0.4, 0.5) is 4.79 Å². The highest BCUT2D eigenvalue weighted by Crippen LogP contribution is 2.20. The molecule has 1 aromatic heterocycles. The van der Waals surface area contributed by atoms with E-state index in [0.29, 0.717) is 38.5 Å². The second-order valence-electron chi connectivity index (χ2n) is 6.46. The van der Waals surface area contributed by atoms with E-state index in [2.05, 4.69) is 15.6 Å². The maximum atomic E-state index is 12.4. The number of amides is 3. The number of rotatable bonds is 4. The fraction of sp³-hybridized carbons (Fsp3) is 0.750. The van der Waals surface area contributed by atoms with Crippen LogP contribution in [0, 0.1) is 0 Å². The van der Waals surface area contributed by atoms with Crippen LogP contribution in [-0.2, 0) is 11.3 Å². The molecule has 1 N–H and O–H groups in total. The molecule has 138 valence electrons. The Balaban J connectivity index is 1.55. The van der Waals surface area contributed by atoms with Crippen LogP contribution in [0.1, 0.15) is 36.2 Å². The fourth-order valence-electron chi connectivity index (χ4n) is 3.43. The zero-order valence-electron chi connectivity index (χ0n) is 14.7. The largest absolute Gasteiger partial charge is 0.378 e. The van der Waals surface area contributed by atoms with Crippen LogP contribution in [0.15, 0.2) is 6.20 Å². The number of likely N-dealkylation sites (tertiary alicyclic amines) is 1. The van der Waals surface area contributed by atoms with Gasteiger partial charge in [-0.3, -0.25) is 9.48 Å². The Morgan fingerprint density at radius 2 is 2.08 bits per heavy atom. The van der Waals surface area contributed by atoms with E-state index in [-0.39, 0.29) is 18.0 Å². The molecule has 2 fully saturated rings. The van der Waals surface area contributed by atoms with Crippen molar-refractivity contribution in [1.82, 2.24) is 30.1 Å². The predicted octanol–water partition coefficient (Wildman–Crippen LogP) is 0.335. The molecule has 3 amide bonds. The molecule has 1 unspecified atom stereocenters. The van der Waals surface area contributed by atoms with Crippen molar-refractivity contribution in [2.45, 2.75) is 38.3 Å². The molecule has 3 heterocycles. The molecule has 9 heteroatoms. The van der Waals surface area contributed by atoms with E-state index in [9.17, 15) is 9.59 Å². The van der Waals surface area contributed by atoms with Crippen molar-refractivity contribution in [1.29, 1.82) is 0 Å².